The lowest BCUT2D eigenvalue weighted by atomic mass is 10.0. The molecule has 22 heavy (non-hydrogen) atoms. The third-order valence-corrected chi connectivity index (χ3v) is 3.11. The minimum atomic E-state index is -1.01. The van der Waals surface area contributed by atoms with E-state index < -0.39 is 5.97 Å². The first kappa shape index (κ1) is 17.8. The van der Waals surface area contributed by atoms with Crippen LogP contribution in [0.4, 0.5) is 0 Å². The Bertz CT molecular complexity index is 524. The molecule has 0 aromatic heterocycles. The number of ketones is 1. The Morgan fingerprint density at radius 1 is 1.05 bits per heavy atom. The van der Waals surface area contributed by atoms with E-state index in [0.717, 1.165) is 12.8 Å². The number of unbranched alkanes of at least 4 members (excludes halogenated alkanes) is 1. The van der Waals surface area contributed by atoms with Crippen LogP contribution in [-0.4, -0.2) is 37.7 Å². The Balaban J connectivity index is 3.08. The van der Waals surface area contributed by atoms with Gasteiger partial charge in [-0.15, -0.1) is 0 Å². The number of hydrogen-bond donors (Lipinski definition) is 1. The predicted octanol–water partition coefficient (Wildman–Crippen LogP) is 2.93. The summed E-state index contributed by atoms with van der Waals surface area (Å²) in [5.41, 5.74) is 0.315. The third kappa shape index (κ3) is 4.95. The predicted molar refractivity (Wildman–Crippen MR) is 81.1 cm³/mol. The summed E-state index contributed by atoms with van der Waals surface area (Å²) < 4.78 is 16.0. The minimum Gasteiger partial charge on any atom is -0.493 e. The van der Waals surface area contributed by atoms with Crippen molar-refractivity contribution in [2.45, 2.75) is 32.6 Å². The van der Waals surface area contributed by atoms with Crippen LogP contribution in [0.3, 0.4) is 0 Å². The zero-order chi connectivity index (χ0) is 16.5. The molecule has 0 bridgehead atoms. The molecular formula is C16H22O6. The van der Waals surface area contributed by atoms with Gasteiger partial charge in [-0.1, -0.05) is 13.3 Å². The van der Waals surface area contributed by atoms with Gasteiger partial charge in [0.1, 0.15) is 5.75 Å². The third-order valence-electron chi connectivity index (χ3n) is 3.11. The molecule has 0 saturated carbocycles. The van der Waals surface area contributed by atoms with Gasteiger partial charge in [0.05, 0.1) is 32.8 Å². The molecule has 1 rings (SSSR count). The molecule has 1 N–H and O–H groups in total. The first-order chi connectivity index (χ1) is 10.5. The van der Waals surface area contributed by atoms with Gasteiger partial charge in [0.2, 0.25) is 0 Å². The molecule has 6 nitrogen and oxygen atoms in total. The Hall–Kier alpha value is -2.24. The molecule has 0 spiro atoms. The number of benzene rings is 1. The normalized spacial score (nSPS) is 10.1. The first-order valence-electron chi connectivity index (χ1n) is 7.17. The number of hydrogen-bond acceptors (Lipinski definition) is 5. The summed E-state index contributed by atoms with van der Waals surface area (Å²) in [5.74, 6) is -0.0496. The molecule has 1 aromatic carbocycles. The average molecular weight is 310 g/mol. The zero-order valence-corrected chi connectivity index (χ0v) is 13.2. The van der Waals surface area contributed by atoms with Crippen LogP contribution >= 0.6 is 0 Å². The quantitative estimate of drug-likeness (QED) is 0.528. The van der Waals surface area contributed by atoms with Crippen molar-refractivity contribution in [2.75, 3.05) is 20.8 Å². The maximum atomic E-state index is 12.2. The van der Waals surface area contributed by atoms with Crippen molar-refractivity contribution in [3.63, 3.8) is 0 Å². The SMILES string of the molecule is CCCCOc1cc(OC)c(OC)cc1C(=O)CCC(=O)O. The van der Waals surface area contributed by atoms with Crippen LogP contribution in [0.2, 0.25) is 0 Å². The molecule has 122 valence electrons. The number of carbonyl (C=O) groups excluding carboxylic acids is 1. The smallest absolute Gasteiger partial charge is 0.303 e. The van der Waals surface area contributed by atoms with Crippen LogP contribution in [0.15, 0.2) is 12.1 Å². The number of aliphatic carboxylic acids is 1. The van der Waals surface area contributed by atoms with E-state index in [0.29, 0.717) is 29.4 Å². The highest BCUT2D eigenvalue weighted by Crippen LogP contribution is 2.35. The number of carboxylic acids is 1. The van der Waals surface area contributed by atoms with E-state index in [2.05, 4.69) is 0 Å². The highest BCUT2D eigenvalue weighted by molar-refractivity contribution is 6.00. The lowest BCUT2D eigenvalue weighted by molar-refractivity contribution is -0.136. The number of carbonyl (C=O) groups is 2. The van der Waals surface area contributed by atoms with Crippen molar-refractivity contribution in [1.82, 2.24) is 0 Å². The largest absolute Gasteiger partial charge is 0.493 e. The van der Waals surface area contributed by atoms with Crippen molar-refractivity contribution in [1.29, 1.82) is 0 Å². The summed E-state index contributed by atoms with van der Waals surface area (Å²) in [7, 11) is 2.97. The first-order valence-corrected chi connectivity index (χ1v) is 7.17. The van der Waals surface area contributed by atoms with Crippen LogP contribution in [-0.2, 0) is 4.79 Å². The van der Waals surface area contributed by atoms with Crippen LogP contribution in [0.5, 0.6) is 17.2 Å². The van der Waals surface area contributed by atoms with Gasteiger partial charge in [0.15, 0.2) is 17.3 Å². The van der Waals surface area contributed by atoms with Crippen LogP contribution in [0, 0.1) is 0 Å². The molecule has 1 aromatic rings. The lowest BCUT2D eigenvalue weighted by Crippen LogP contribution is -2.08. The lowest BCUT2D eigenvalue weighted by Gasteiger charge is -2.15. The maximum Gasteiger partial charge on any atom is 0.303 e. The summed E-state index contributed by atoms with van der Waals surface area (Å²) >= 11 is 0. The Kier molecular flexibility index (Phi) is 7.22. The molecule has 0 saturated heterocycles. The molecule has 6 heteroatoms. The van der Waals surface area contributed by atoms with Crippen LogP contribution < -0.4 is 14.2 Å². The van der Waals surface area contributed by atoms with Crippen molar-refractivity contribution in [3.8, 4) is 17.2 Å². The summed E-state index contributed by atoms with van der Waals surface area (Å²) in [6, 6.07) is 3.13. The molecule has 0 heterocycles. The summed E-state index contributed by atoms with van der Waals surface area (Å²) in [4.78, 5) is 22.9. The van der Waals surface area contributed by atoms with Gasteiger partial charge in [-0.3, -0.25) is 9.59 Å². The molecule has 0 unspecified atom stereocenters. The van der Waals surface area contributed by atoms with Crippen molar-refractivity contribution < 1.29 is 28.9 Å². The van der Waals surface area contributed by atoms with E-state index in [9.17, 15) is 9.59 Å². The number of Topliss-reactive ketones (excluding diaryl/α,β-unsaturated/α-hetero) is 1. The van der Waals surface area contributed by atoms with Gasteiger partial charge in [0.25, 0.3) is 0 Å². The second kappa shape index (κ2) is 8.92. The van der Waals surface area contributed by atoms with E-state index in [1.165, 1.54) is 20.3 Å². The number of ether oxygens (including phenoxy) is 3. The average Bonchev–Trinajstić information content (AvgIpc) is 2.52. The highest BCUT2D eigenvalue weighted by atomic mass is 16.5. The molecule has 0 radical (unpaired) electrons. The topological polar surface area (TPSA) is 82.1 Å². The van der Waals surface area contributed by atoms with Crippen molar-refractivity contribution in [3.05, 3.63) is 17.7 Å². The van der Waals surface area contributed by atoms with Crippen molar-refractivity contribution in [2.24, 2.45) is 0 Å². The monoisotopic (exact) mass is 310 g/mol. The zero-order valence-electron chi connectivity index (χ0n) is 13.2. The minimum absolute atomic E-state index is 0.0883. The number of methoxy groups -OCH3 is 2. The van der Waals surface area contributed by atoms with Crippen LogP contribution in [0.1, 0.15) is 43.0 Å². The van der Waals surface area contributed by atoms with Crippen LogP contribution in [0.25, 0.3) is 0 Å². The van der Waals surface area contributed by atoms with E-state index in [-0.39, 0.29) is 18.6 Å². The highest BCUT2D eigenvalue weighted by Gasteiger charge is 2.18. The summed E-state index contributed by atoms with van der Waals surface area (Å²) in [6.45, 7) is 2.52. The standard InChI is InChI=1S/C16H22O6/c1-4-5-8-22-13-10-15(21-3)14(20-2)9-11(13)12(17)6-7-16(18)19/h9-10H,4-8H2,1-3H3,(H,18,19). The Morgan fingerprint density at radius 3 is 2.23 bits per heavy atom. The molecule has 0 aliphatic rings. The van der Waals surface area contributed by atoms with E-state index in [4.69, 9.17) is 19.3 Å². The molecule has 0 aliphatic carbocycles. The fourth-order valence-corrected chi connectivity index (χ4v) is 1.88. The van der Waals surface area contributed by atoms with Gasteiger partial charge in [-0.05, 0) is 12.5 Å². The summed E-state index contributed by atoms with van der Waals surface area (Å²) in [6.07, 6.45) is 1.52. The Labute approximate surface area is 130 Å². The van der Waals surface area contributed by atoms with Gasteiger partial charge < -0.3 is 19.3 Å². The van der Waals surface area contributed by atoms with Gasteiger partial charge in [0, 0.05) is 12.5 Å². The molecule has 0 atom stereocenters. The van der Waals surface area contributed by atoms with Gasteiger partial charge in [-0.25, -0.2) is 0 Å². The van der Waals surface area contributed by atoms with E-state index >= 15 is 0 Å². The van der Waals surface area contributed by atoms with Gasteiger partial charge in [-0.2, -0.15) is 0 Å². The van der Waals surface area contributed by atoms with E-state index in [1.807, 2.05) is 6.92 Å². The molecular weight excluding hydrogens is 288 g/mol. The van der Waals surface area contributed by atoms with Gasteiger partial charge >= 0.3 is 5.97 Å². The molecule has 0 fully saturated rings. The van der Waals surface area contributed by atoms with E-state index in [1.54, 1.807) is 6.07 Å². The number of rotatable bonds is 10. The second-order valence-corrected chi connectivity index (χ2v) is 4.72. The maximum absolute atomic E-state index is 12.2. The second-order valence-electron chi connectivity index (χ2n) is 4.72. The molecule has 0 aliphatic heterocycles. The molecule has 0 amide bonds. The fraction of sp³-hybridized carbons (Fsp3) is 0.500. The van der Waals surface area contributed by atoms with Crippen molar-refractivity contribution >= 4 is 11.8 Å². The number of carboxylic acid groups (broad SMARTS) is 1. The summed E-state index contributed by atoms with van der Waals surface area (Å²) in [5, 5.41) is 8.71. The fourth-order valence-electron chi connectivity index (χ4n) is 1.88. The Morgan fingerprint density at radius 2 is 1.68 bits per heavy atom.